The molecule has 0 aliphatic carbocycles. The van der Waals surface area contributed by atoms with Crippen LogP contribution in [0.4, 0.5) is 0 Å². The Balaban J connectivity index is 2.05. The number of amides is 1. The van der Waals surface area contributed by atoms with Crippen LogP contribution in [0.5, 0.6) is 17.2 Å². The number of para-hydroxylation sites is 1. The molecule has 0 N–H and O–H groups in total. The second-order valence-electron chi connectivity index (χ2n) is 7.88. The van der Waals surface area contributed by atoms with Gasteiger partial charge in [0, 0.05) is 19.2 Å². The lowest BCUT2D eigenvalue weighted by molar-refractivity contribution is -0.137. The number of nitrogens with zero attached hydrogens (tertiary/aromatic N) is 1. The average molecular weight is 386 g/mol. The number of likely N-dealkylation sites (N-methyl/N-ethyl adjacent to an activating group) is 1. The Bertz CT molecular complexity index is 793. The van der Waals surface area contributed by atoms with E-state index in [1.165, 1.54) is 5.56 Å². The third-order valence-electron chi connectivity index (χ3n) is 4.65. The van der Waals surface area contributed by atoms with Crippen LogP contribution in [0.15, 0.2) is 42.5 Å². The number of benzene rings is 2. The first kappa shape index (κ1) is 21.6. The normalized spacial score (nSPS) is 12.2. The topological polar surface area (TPSA) is 48.0 Å². The van der Waals surface area contributed by atoms with Crippen LogP contribution < -0.4 is 14.2 Å². The standard InChI is InChI=1S/C23H31NO4/c1-16(28-19-13-11-18(12-14-19)23(2,3)4)22(25)24(5)15-17-9-8-10-20(26-6)21(17)27-7/h8-14,16H,15H2,1-7H3. The number of ether oxygens (including phenoxy) is 3. The predicted octanol–water partition coefficient (Wildman–Crippen LogP) is 4.43. The van der Waals surface area contributed by atoms with Crippen molar-refractivity contribution in [3.05, 3.63) is 53.6 Å². The zero-order chi connectivity index (χ0) is 20.9. The second kappa shape index (κ2) is 9.00. The van der Waals surface area contributed by atoms with Gasteiger partial charge < -0.3 is 19.1 Å². The van der Waals surface area contributed by atoms with Crippen LogP contribution in [-0.4, -0.2) is 38.2 Å². The van der Waals surface area contributed by atoms with E-state index < -0.39 is 6.10 Å². The van der Waals surface area contributed by atoms with Gasteiger partial charge in [-0.2, -0.15) is 0 Å². The summed E-state index contributed by atoms with van der Waals surface area (Å²) in [5, 5.41) is 0. The Morgan fingerprint density at radius 1 is 1.04 bits per heavy atom. The summed E-state index contributed by atoms with van der Waals surface area (Å²) < 4.78 is 16.6. The smallest absolute Gasteiger partial charge is 0.263 e. The van der Waals surface area contributed by atoms with Gasteiger partial charge in [0.25, 0.3) is 5.91 Å². The van der Waals surface area contributed by atoms with Crippen LogP contribution in [-0.2, 0) is 16.8 Å². The molecule has 5 nitrogen and oxygen atoms in total. The van der Waals surface area contributed by atoms with Gasteiger partial charge in [-0.1, -0.05) is 45.0 Å². The average Bonchev–Trinajstić information content (AvgIpc) is 2.66. The zero-order valence-electron chi connectivity index (χ0n) is 17.9. The highest BCUT2D eigenvalue weighted by molar-refractivity contribution is 5.80. The van der Waals surface area contributed by atoms with Crippen LogP contribution in [0.3, 0.4) is 0 Å². The van der Waals surface area contributed by atoms with Crippen molar-refractivity contribution in [2.75, 3.05) is 21.3 Å². The van der Waals surface area contributed by atoms with Crippen molar-refractivity contribution in [1.29, 1.82) is 0 Å². The fourth-order valence-corrected chi connectivity index (χ4v) is 3.01. The molecule has 0 spiro atoms. The first-order chi connectivity index (χ1) is 13.2. The molecule has 0 aliphatic rings. The highest BCUT2D eigenvalue weighted by Crippen LogP contribution is 2.31. The molecule has 0 aromatic heterocycles. The first-order valence-electron chi connectivity index (χ1n) is 9.39. The Morgan fingerprint density at radius 2 is 1.68 bits per heavy atom. The van der Waals surface area contributed by atoms with Crippen LogP contribution >= 0.6 is 0 Å². The van der Waals surface area contributed by atoms with Crippen molar-refractivity contribution >= 4 is 5.91 Å². The minimum atomic E-state index is -0.595. The van der Waals surface area contributed by atoms with E-state index in [2.05, 4.69) is 20.8 Å². The Labute approximate surface area is 168 Å². The minimum absolute atomic E-state index is 0.0793. The molecule has 2 aromatic carbocycles. The third-order valence-corrected chi connectivity index (χ3v) is 4.65. The molecule has 0 saturated heterocycles. The first-order valence-corrected chi connectivity index (χ1v) is 9.39. The van der Waals surface area contributed by atoms with Crippen molar-refractivity contribution < 1.29 is 19.0 Å². The SMILES string of the molecule is COc1cccc(CN(C)C(=O)C(C)Oc2ccc(C(C)(C)C)cc2)c1OC. The maximum Gasteiger partial charge on any atom is 0.263 e. The van der Waals surface area contributed by atoms with E-state index >= 15 is 0 Å². The molecule has 1 amide bonds. The summed E-state index contributed by atoms with van der Waals surface area (Å²) in [7, 11) is 4.94. The molecular formula is C23H31NO4. The number of hydrogen-bond acceptors (Lipinski definition) is 4. The molecule has 2 aromatic rings. The molecule has 0 heterocycles. The summed E-state index contributed by atoms with van der Waals surface area (Å²) in [6.07, 6.45) is -0.595. The number of carbonyl (C=O) groups excluding carboxylic acids is 1. The summed E-state index contributed by atoms with van der Waals surface area (Å²) in [5.74, 6) is 1.85. The van der Waals surface area contributed by atoms with E-state index in [-0.39, 0.29) is 11.3 Å². The van der Waals surface area contributed by atoms with Gasteiger partial charge in [0.2, 0.25) is 0 Å². The highest BCUT2D eigenvalue weighted by atomic mass is 16.5. The maximum absolute atomic E-state index is 12.8. The molecule has 1 unspecified atom stereocenters. The zero-order valence-corrected chi connectivity index (χ0v) is 17.9. The Morgan fingerprint density at radius 3 is 2.21 bits per heavy atom. The quantitative estimate of drug-likeness (QED) is 0.708. The van der Waals surface area contributed by atoms with Gasteiger partial charge in [0.15, 0.2) is 17.6 Å². The van der Waals surface area contributed by atoms with E-state index in [0.717, 1.165) is 5.56 Å². The number of carbonyl (C=O) groups is 1. The van der Waals surface area contributed by atoms with Crippen molar-refractivity contribution in [3.8, 4) is 17.2 Å². The van der Waals surface area contributed by atoms with E-state index in [0.29, 0.717) is 23.8 Å². The summed E-state index contributed by atoms with van der Waals surface area (Å²) in [6.45, 7) is 8.65. The van der Waals surface area contributed by atoms with Crippen LogP contribution in [0.2, 0.25) is 0 Å². The molecule has 0 fully saturated rings. The maximum atomic E-state index is 12.8. The fraction of sp³-hybridized carbons (Fsp3) is 0.435. The lowest BCUT2D eigenvalue weighted by Crippen LogP contribution is -2.37. The monoisotopic (exact) mass is 385 g/mol. The molecule has 0 saturated carbocycles. The van der Waals surface area contributed by atoms with E-state index in [1.54, 1.807) is 33.1 Å². The molecular weight excluding hydrogens is 354 g/mol. The predicted molar refractivity (Wildman–Crippen MR) is 111 cm³/mol. The molecule has 0 aliphatic heterocycles. The van der Waals surface area contributed by atoms with Crippen molar-refractivity contribution in [2.24, 2.45) is 0 Å². The number of hydrogen-bond donors (Lipinski definition) is 0. The number of methoxy groups -OCH3 is 2. The van der Waals surface area contributed by atoms with Crippen LogP contribution in [0.25, 0.3) is 0 Å². The van der Waals surface area contributed by atoms with Gasteiger partial charge in [-0.15, -0.1) is 0 Å². The van der Waals surface area contributed by atoms with Crippen molar-refractivity contribution in [1.82, 2.24) is 4.90 Å². The third kappa shape index (κ3) is 5.18. The number of rotatable bonds is 7. The molecule has 1 atom stereocenters. The van der Waals surface area contributed by atoms with Crippen LogP contribution in [0.1, 0.15) is 38.8 Å². The summed E-state index contributed by atoms with van der Waals surface area (Å²) in [6, 6.07) is 13.5. The van der Waals surface area contributed by atoms with E-state index in [4.69, 9.17) is 14.2 Å². The van der Waals surface area contributed by atoms with Gasteiger partial charge in [-0.25, -0.2) is 0 Å². The molecule has 152 valence electrons. The van der Waals surface area contributed by atoms with Gasteiger partial charge in [-0.3, -0.25) is 4.79 Å². The van der Waals surface area contributed by atoms with Gasteiger partial charge in [0.05, 0.1) is 14.2 Å². The molecule has 28 heavy (non-hydrogen) atoms. The second-order valence-corrected chi connectivity index (χ2v) is 7.88. The van der Waals surface area contributed by atoms with E-state index in [1.807, 2.05) is 42.5 Å². The lowest BCUT2D eigenvalue weighted by atomic mass is 9.87. The molecule has 0 bridgehead atoms. The van der Waals surface area contributed by atoms with Crippen molar-refractivity contribution in [2.45, 2.75) is 45.8 Å². The lowest BCUT2D eigenvalue weighted by Gasteiger charge is -2.24. The van der Waals surface area contributed by atoms with Crippen molar-refractivity contribution in [3.63, 3.8) is 0 Å². The molecule has 5 heteroatoms. The van der Waals surface area contributed by atoms with E-state index in [9.17, 15) is 4.79 Å². The van der Waals surface area contributed by atoms with Gasteiger partial charge in [0.1, 0.15) is 5.75 Å². The van der Waals surface area contributed by atoms with Crippen LogP contribution in [0, 0.1) is 0 Å². The largest absolute Gasteiger partial charge is 0.493 e. The highest BCUT2D eigenvalue weighted by Gasteiger charge is 2.22. The summed E-state index contributed by atoms with van der Waals surface area (Å²) in [4.78, 5) is 14.4. The Hall–Kier alpha value is -2.69. The summed E-state index contributed by atoms with van der Waals surface area (Å²) in [5.41, 5.74) is 2.18. The van der Waals surface area contributed by atoms with Gasteiger partial charge in [-0.05, 0) is 36.1 Å². The minimum Gasteiger partial charge on any atom is -0.493 e. The van der Waals surface area contributed by atoms with Gasteiger partial charge >= 0.3 is 0 Å². The molecule has 0 radical (unpaired) electrons. The molecule has 2 rings (SSSR count). The Kier molecular flexibility index (Phi) is 6.95. The summed E-state index contributed by atoms with van der Waals surface area (Å²) >= 11 is 0. The fourth-order valence-electron chi connectivity index (χ4n) is 3.01.